The Morgan fingerprint density at radius 2 is 1.93 bits per heavy atom. The van der Waals surface area contributed by atoms with E-state index in [9.17, 15) is 0 Å². The summed E-state index contributed by atoms with van der Waals surface area (Å²) in [5, 5.41) is 3.46. The van der Waals surface area contributed by atoms with Crippen molar-refractivity contribution in [3.8, 4) is 0 Å². The summed E-state index contributed by atoms with van der Waals surface area (Å²) >= 11 is 1.96. The maximum absolute atomic E-state index is 4.97. The molecule has 0 aromatic rings. The highest BCUT2D eigenvalue weighted by Crippen LogP contribution is 1.98. The summed E-state index contributed by atoms with van der Waals surface area (Å²) in [6.07, 6.45) is 5.41. The normalized spacial score (nSPS) is 10.7. The number of hydrogen-bond acceptors (Lipinski definition) is 3. The zero-order chi connectivity index (χ0) is 10.5. The molecule has 86 valence electrons. The van der Waals surface area contributed by atoms with Crippen molar-refractivity contribution < 1.29 is 4.74 Å². The Bertz CT molecular complexity index is 89.3. The van der Waals surface area contributed by atoms with Crippen LogP contribution in [0.4, 0.5) is 0 Å². The second-order valence-electron chi connectivity index (χ2n) is 3.42. The Hall–Kier alpha value is 0.270. The first-order valence-corrected chi connectivity index (χ1v) is 6.84. The summed E-state index contributed by atoms with van der Waals surface area (Å²) in [6, 6.07) is 0. The number of rotatable bonds is 11. The largest absolute Gasteiger partial charge is 0.384 e. The van der Waals surface area contributed by atoms with Crippen molar-refractivity contribution in [3.63, 3.8) is 0 Å². The lowest BCUT2D eigenvalue weighted by Crippen LogP contribution is -2.18. The maximum Gasteiger partial charge on any atom is 0.0552 e. The SMILES string of the molecule is CCCCCCNCCSCCOC. The van der Waals surface area contributed by atoms with Crippen LogP contribution in [0.2, 0.25) is 0 Å². The van der Waals surface area contributed by atoms with Crippen LogP contribution in [0.5, 0.6) is 0 Å². The molecular weight excluding hydrogens is 194 g/mol. The van der Waals surface area contributed by atoms with Gasteiger partial charge in [-0.1, -0.05) is 26.2 Å². The van der Waals surface area contributed by atoms with Crippen molar-refractivity contribution >= 4 is 11.8 Å². The molecule has 0 radical (unpaired) electrons. The number of ether oxygens (including phenoxy) is 1. The van der Waals surface area contributed by atoms with Gasteiger partial charge in [0.15, 0.2) is 0 Å². The van der Waals surface area contributed by atoms with Crippen LogP contribution in [0.3, 0.4) is 0 Å². The van der Waals surface area contributed by atoms with Crippen LogP contribution in [0.15, 0.2) is 0 Å². The first kappa shape index (κ1) is 14.3. The van der Waals surface area contributed by atoms with E-state index in [-0.39, 0.29) is 0 Å². The fourth-order valence-electron chi connectivity index (χ4n) is 1.19. The summed E-state index contributed by atoms with van der Waals surface area (Å²) < 4.78 is 4.97. The average Bonchev–Trinajstić information content (AvgIpc) is 2.21. The van der Waals surface area contributed by atoms with Crippen molar-refractivity contribution in [1.29, 1.82) is 0 Å². The van der Waals surface area contributed by atoms with Gasteiger partial charge in [-0.05, 0) is 13.0 Å². The first-order valence-electron chi connectivity index (χ1n) is 5.69. The standard InChI is InChI=1S/C11H25NOS/c1-3-4-5-6-7-12-8-10-14-11-9-13-2/h12H,3-11H2,1-2H3. The molecule has 0 aromatic heterocycles. The van der Waals surface area contributed by atoms with Gasteiger partial charge in [0.2, 0.25) is 0 Å². The molecule has 3 heteroatoms. The molecule has 2 nitrogen and oxygen atoms in total. The van der Waals surface area contributed by atoms with E-state index in [2.05, 4.69) is 12.2 Å². The van der Waals surface area contributed by atoms with Crippen LogP contribution >= 0.6 is 11.8 Å². The van der Waals surface area contributed by atoms with E-state index < -0.39 is 0 Å². The molecule has 1 N–H and O–H groups in total. The molecule has 0 saturated heterocycles. The lowest BCUT2D eigenvalue weighted by Gasteiger charge is -2.04. The monoisotopic (exact) mass is 219 g/mol. The van der Waals surface area contributed by atoms with Gasteiger partial charge in [-0.25, -0.2) is 0 Å². The summed E-state index contributed by atoms with van der Waals surface area (Å²) in [6.45, 7) is 5.45. The van der Waals surface area contributed by atoms with E-state index in [0.29, 0.717) is 0 Å². The van der Waals surface area contributed by atoms with E-state index >= 15 is 0 Å². The number of unbranched alkanes of at least 4 members (excludes halogenated alkanes) is 3. The van der Waals surface area contributed by atoms with Crippen LogP contribution in [0.1, 0.15) is 32.6 Å². The Morgan fingerprint density at radius 3 is 2.64 bits per heavy atom. The van der Waals surface area contributed by atoms with Crippen LogP contribution in [0.25, 0.3) is 0 Å². The number of nitrogens with one attached hydrogen (secondary N) is 1. The summed E-state index contributed by atoms with van der Waals surface area (Å²) in [5.74, 6) is 2.32. The zero-order valence-corrected chi connectivity index (χ0v) is 10.5. The smallest absolute Gasteiger partial charge is 0.0552 e. The number of thioether (sulfide) groups is 1. The lowest BCUT2D eigenvalue weighted by atomic mass is 10.2. The van der Waals surface area contributed by atoms with Gasteiger partial charge < -0.3 is 10.1 Å². The molecule has 0 aromatic carbocycles. The van der Waals surface area contributed by atoms with Crippen molar-refractivity contribution in [2.45, 2.75) is 32.6 Å². The van der Waals surface area contributed by atoms with E-state index in [4.69, 9.17) is 4.74 Å². The third kappa shape index (κ3) is 12.3. The molecule has 14 heavy (non-hydrogen) atoms. The topological polar surface area (TPSA) is 21.3 Å². The lowest BCUT2D eigenvalue weighted by molar-refractivity contribution is 0.218. The third-order valence-corrected chi connectivity index (χ3v) is 3.01. The molecule has 0 atom stereocenters. The first-order chi connectivity index (χ1) is 6.91. The Labute approximate surface area is 93.2 Å². The Balaban J connectivity index is 2.78. The third-order valence-electron chi connectivity index (χ3n) is 2.06. The maximum atomic E-state index is 4.97. The molecule has 0 saturated carbocycles. The van der Waals surface area contributed by atoms with Gasteiger partial charge >= 0.3 is 0 Å². The fraction of sp³-hybridized carbons (Fsp3) is 1.00. The van der Waals surface area contributed by atoms with E-state index in [1.165, 1.54) is 38.0 Å². The number of hydrogen-bond donors (Lipinski definition) is 1. The molecule has 0 heterocycles. The molecule has 0 aliphatic rings. The highest BCUT2D eigenvalue weighted by molar-refractivity contribution is 7.99. The highest BCUT2D eigenvalue weighted by atomic mass is 32.2. The fourth-order valence-corrected chi connectivity index (χ4v) is 1.97. The van der Waals surface area contributed by atoms with Crippen molar-refractivity contribution in [2.75, 3.05) is 38.3 Å². The van der Waals surface area contributed by atoms with Gasteiger partial charge in [0.1, 0.15) is 0 Å². The van der Waals surface area contributed by atoms with Crippen LogP contribution < -0.4 is 5.32 Å². The summed E-state index contributed by atoms with van der Waals surface area (Å²) in [4.78, 5) is 0. The molecule has 0 spiro atoms. The van der Waals surface area contributed by atoms with Gasteiger partial charge in [0.05, 0.1) is 6.61 Å². The minimum atomic E-state index is 0.876. The second-order valence-corrected chi connectivity index (χ2v) is 4.64. The molecular formula is C11H25NOS. The molecule has 0 rings (SSSR count). The molecule has 0 aliphatic heterocycles. The van der Waals surface area contributed by atoms with Crippen molar-refractivity contribution in [2.24, 2.45) is 0 Å². The molecule has 0 unspecified atom stereocenters. The Morgan fingerprint density at radius 1 is 1.07 bits per heavy atom. The van der Waals surface area contributed by atoms with E-state index in [1.54, 1.807) is 7.11 Å². The van der Waals surface area contributed by atoms with Gasteiger partial charge in [0.25, 0.3) is 0 Å². The van der Waals surface area contributed by atoms with Gasteiger partial charge in [-0.3, -0.25) is 0 Å². The van der Waals surface area contributed by atoms with Gasteiger partial charge in [-0.2, -0.15) is 11.8 Å². The minimum absolute atomic E-state index is 0.876. The predicted octanol–water partition coefficient (Wildman–Crippen LogP) is 2.54. The predicted molar refractivity (Wildman–Crippen MR) is 66.2 cm³/mol. The number of methoxy groups -OCH3 is 1. The van der Waals surface area contributed by atoms with Crippen LogP contribution in [0, 0.1) is 0 Å². The highest BCUT2D eigenvalue weighted by Gasteiger charge is 1.90. The van der Waals surface area contributed by atoms with E-state index in [1.807, 2.05) is 11.8 Å². The van der Waals surface area contributed by atoms with Gasteiger partial charge in [-0.15, -0.1) is 0 Å². The van der Waals surface area contributed by atoms with Crippen LogP contribution in [-0.2, 0) is 4.74 Å². The van der Waals surface area contributed by atoms with Crippen molar-refractivity contribution in [3.05, 3.63) is 0 Å². The second kappa shape index (κ2) is 13.3. The molecule has 0 amide bonds. The molecule has 0 aliphatic carbocycles. The molecule has 0 fully saturated rings. The van der Waals surface area contributed by atoms with Crippen molar-refractivity contribution in [1.82, 2.24) is 5.32 Å². The zero-order valence-electron chi connectivity index (χ0n) is 9.68. The van der Waals surface area contributed by atoms with E-state index in [0.717, 1.165) is 18.9 Å². The summed E-state index contributed by atoms with van der Waals surface area (Å²) in [5.41, 5.74) is 0. The van der Waals surface area contributed by atoms with Gasteiger partial charge in [0, 0.05) is 25.2 Å². The molecule has 0 bridgehead atoms. The minimum Gasteiger partial charge on any atom is -0.384 e. The summed E-state index contributed by atoms with van der Waals surface area (Å²) in [7, 11) is 1.76. The quantitative estimate of drug-likeness (QED) is 0.540. The average molecular weight is 219 g/mol. The Kier molecular flexibility index (Phi) is 13.5. The van der Waals surface area contributed by atoms with Crippen LogP contribution in [-0.4, -0.2) is 38.3 Å².